The van der Waals surface area contributed by atoms with E-state index < -0.39 is 0 Å². The third kappa shape index (κ3) is 5.34. The van der Waals surface area contributed by atoms with Crippen LogP contribution in [0, 0.1) is 0 Å². The minimum atomic E-state index is 0. The van der Waals surface area contributed by atoms with E-state index in [1.54, 1.807) is 0 Å². The summed E-state index contributed by atoms with van der Waals surface area (Å²) in [5, 5.41) is 8.21. The van der Waals surface area contributed by atoms with Crippen molar-refractivity contribution in [3.63, 3.8) is 0 Å². The van der Waals surface area contributed by atoms with Crippen molar-refractivity contribution in [1.82, 2.24) is 25.4 Å². The highest BCUT2D eigenvalue weighted by molar-refractivity contribution is 14.0. The summed E-state index contributed by atoms with van der Waals surface area (Å²) in [6.07, 6.45) is 3.08. The fourth-order valence-electron chi connectivity index (χ4n) is 3.41. The minimum Gasteiger partial charge on any atom is -0.361 e. The zero-order chi connectivity index (χ0) is 17.6. The Bertz CT molecular complexity index is 713. The fraction of sp³-hybridized carbons (Fsp3) is 0.526. The van der Waals surface area contributed by atoms with E-state index in [2.05, 4.69) is 75.0 Å². The SMILES string of the molecule is CN=C(NCCc1c[nH]c2ccccc12)NCC1CN(C)CCN1C.I. The molecule has 0 saturated carbocycles. The Kier molecular flexibility index (Phi) is 8.17. The molecule has 1 saturated heterocycles. The second kappa shape index (κ2) is 10.1. The number of aromatic nitrogens is 1. The fourth-order valence-corrected chi connectivity index (χ4v) is 3.41. The van der Waals surface area contributed by atoms with Crippen LogP contribution in [-0.4, -0.2) is 80.7 Å². The molecule has 3 rings (SSSR count). The maximum atomic E-state index is 4.35. The first kappa shape index (κ1) is 21.0. The third-order valence-electron chi connectivity index (χ3n) is 5.07. The maximum Gasteiger partial charge on any atom is 0.191 e. The van der Waals surface area contributed by atoms with Gasteiger partial charge >= 0.3 is 0 Å². The quantitative estimate of drug-likeness (QED) is 0.354. The lowest BCUT2D eigenvalue weighted by Gasteiger charge is -2.37. The molecule has 0 aliphatic carbocycles. The van der Waals surface area contributed by atoms with Crippen LogP contribution in [0.25, 0.3) is 10.9 Å². The van der Waals surface area contributed by atoms with Crippen LogP contribution in [0.5, 0.6) is 0 Å². The Morgan fingerprint density at radius 2 is 2.04 bits per heavy atom. The second-order valence-electron chi connectivity index (χ2n) is 6.89. The van der Waals surface area contributed by atoms with Gasteiger partial charge in [-0.15, -0.1) is 24.0 Å². The van der Waals surface area contributed by atoms with Crippen LogP contribution >= 0.6 is 24.0 Å². The van der Waals surface area contributed by atoms with Crippen LogP contribution in [0.3, 0.4) is 0 Å². The average molecular weight is 470 g/mol. The number of piperazine rings is 1. The number of benzene rings is 1. The standard InChI is InChI=1S/C19H30N6.HI/c1-20-19(23-13-16-14-24(2)10-11-25(16)3)21-9-8-15-12-22-18-7-5-4-6-17(15)18;/h4-7,12,16,22H,8-11,13-14H2,1-3H3,(H2,20,21,23);1H. The van der Waals surface area contributed by atoms with Crippen LogP contribution < -0.4 is 10.6 Å². The summed E-state index contributed by atoms with van der Waals surface area (Å²) in [6, 6.07) is 8.96. The number of nitrogens with one attached hydrogen (secondary N) is 3. The van der Waals surface area contributed by atoms with E-state index in [4.69, 9.17) is 0 Å². The van der Waals surface area contributed by atoms with Crippen molar-refractivity contribution in [1.29, 1.82) is 0 Å². The first-order valence-corrected chi connectivity index (χ1v) is 9.05. The number of aliphatic imine (C=N–C) groups is 1. The van der Waals surface area contributed by atoms with Crippen molar-refractivity contribution < 1.29 is 0 Å². The normalized spacial score (nSPS) is 19.3. The number of H-pyrrole nitrogens is 1. The van der Waals surface area contributed by atoms with Crippen LogP contribution in [-0.2, 0) is 6.42 Å². The summed E-state index contributed by atoms with van der Waals surface area (Å²) in [7, 11) is 6.22. The topological polar surface area (TPSA) is 58.7 Å². The van der Waals surface area contributed by atoms with Gasteiger partial charge in [-0.1, -0.05) is 18.2 Å². The van der Waals surface area contributed by atoms with E-state index in [1.165, 1.54) is 16.5 Å². The van der Waals surface area contributed by atoms with Gasteiger partial charge in [0.25, 0.3) is 0 Å². The summed E-state index contributed by atoms with van der Waals surface area (Å²) in [5.74, 6) is 0.876. The predicted molar refractivity (Wildman–Crippen MR) is 121 cm³/mol. The molecule has 144 valence electrons. The summed E-state index contributed by atoms with van der Waals surface area (Å²) >= 11 is 0. The molecule has 0 amide bonds. The predicted octanol–water partition coefficient (Wildman–Crippen LogP) is 1.74. The van der Waals surface area contributed by atoms with Gasteiger partial charge in [-0.25, -0.2) is 0 Å². The third-order valence-corrected chi connectivity index (χ3v) is 5.07. The number of fused-ring (bicyclic) bond motifs is 1. The Balaban J connectivity index is 0.00000243. The molecule has 26 heavy (non-hydrogen) atoms. The van der Waals surface area contributed by atoms with Gasteiger partial charge in [-0.05, 0) is 32.1 Å². The molecule has 1 aromatic heterocycles. The number of likely N-dealkylation sites (N-methyl/N-ethyl adjacent to an activating group) is 2. The largest absolute Gasteiger partial charge is 0.361 e. The van der Waals surface area contributed by atoms with Gasteiger partial charge in [0.1, 0.15) is 0 Å². The number of hydrogen-bond acceptors (Lipinski definition) is 3. The van der Waals surface area contributed by atoms with Crippen molar-refractivity contribution in [2.75, 3.05) is 53.9 Å². The van der Waals surface area contributed by atoms with Gasteiger partial charge in [-0.2, -0.15) is 0 Å². The summed E-state index contributed by atoms with van der Waals surface area (Å²) in [5.41, 5.74) is 2.54. The summed E-state index contributed by atoms with van der Waals surface area (Å²) < 4.78 is 0. The molecule has 2 heterocycles. The smallest absolute Gasteiger partial charge is 0.191 e. The number of rotatable bonds is 5. The van der Waals surface area contributed by atoms with E-state index in [-0.39, 0.29) is 24.0 Å². The van der Waals surface area contributed by atoms with Gasteiger partial charge in [0.05, 0.1) is 0 Å². The Labute approximate surface area is 173 Å². The second-order valence-corrected chi connectivity index (χ2v) is 6.89. The van der Waals surface area contributed by atoms with Gasteiger partial charge in [0, 0.05) is 62.9 Å². The number of aromatic amines is 1. The molecule has 6 nitrogen and oxygen atoms in total. The lowest BCUT2D eigenvalue weighted by Crippen LogP contribution is -2.55. The number of halogens is 1. The molecule has 0 bridgehead atoms. The first-order chi connectivity index (χ1) is 12.2. The molecule has 0 spiro atoms. The van der Waals surface area contributed by atoms with Crippen molar-refractivity contribution in [3.8, 4) is 0 Å². The zero-order valence-corrected chi connectivity index (χ0v) is 18.3. The van der Waals surface area contributed by atoms with E-state index in [0.29, 0.717) is 6.04 Å². The lowest BCUT2D eigenvalue weighted by molar-refractivity contribution is 0.116. The van der Waals surface area contributed by atoms with E-state index >= 15 is 0 Å². The molecule has 2 aromatic rings. The molecular weight excluding hydrogens is 439 g/mol. The summed E-state index contributed by atoms with van der Waals surface area (Å²) in [6.45, 7) is 5.13. The number of para-hydroxylation sites is 1. The van der Waals surface area contributed by atoms with Crippen molar-refractivity contribution >= 4 is 40.8 Å². The highest BCUT2D eigenvalue weighted by atomic mass is 127. The van der Waals surface area contributed by atoms with Crippen molar-refractivity contribution in [3.05, 3.63) is 36.0 Å². The monoisotopic (exact) mass is 470 g/mol. The maximum absolute atomic E-state index is 4.35. The Hall–Kier alpha value is -1.32. The lowest BCUT2D eigenvalue weighted by atomic mass is 10.1. The van der Waals surface area contributed by atoms with Crippen LogP contribution in [0.1, 0.15) is 5.56 Å². The molecule has 1 aliphatic rings. The number of nitrogens with zero attached hydrogens (tertiary/aromatic N) is 3. The van der Waals surface area contributed by atoms with E-state index in [9.17, 15) is 0 Å². The molecule has 1 fully saturated rings. The Morgan fingerprint density at radius 1 is 1.23 bits per heavy atom. The highest BCUT2D eigenvalue weighted by Crippen LogP contribution is 2.17. The first-order valence-electron chi connectivity index (χ1n) is 9.05. The van der Waals surface area contributed by atoms with Gasteiger partial charge in [-0.3, -0.25) is 9.89 Å². The summed E-state index contributed by atoms with van der Waals surface area (Å²) in [4.78, 5) is 12.5. The van der Waals surface area contributed by atoms with E-state index in [1.807, 2.05) is 7.05 Å². The molecule has 1 atom stereocenters. The minimum absolute atomic E-state index is 0. The molecule has 7 heteroatoms. The van der Waals surface area contributed by atoms with Crippen LogP contribution in [0.2, 0.25) is 0 Å². The van der Waals surface area contributed by atoms with Gasteiger partial charge < -0.3 is 20.5 Å². The number of guanidine groups is 1. The Morgan fingerprint density at radius 3 is 2.85 bits per heavy atom. The molecule has 1 aromatic carbocycles. The van der Waals surface area contributed by atoms with Crippen molar-refractivity contribution in [2.24, 2.45) is 4.99 Å². The van der Waals surface area contributed by atoms with Crippen molar-refractivity contribution in [2.45, 2.75) is 12.5 Å². The highest BCUT2D eigenvalue weighted by Gasteiger charge is 2.21. The van der Waals surface area contributed by atoms with Crippen LogP contribution in [0.15, 0.2) is 35.5 Å². The van der Waals surface area contributed by atoms with Crippen LogP contribution in [0.4, 0.5) is 0 Å². The zero-order valence-electron chi connectivity index (χ0n) is 16.0. The molecule has 3 N–H and O–H groups in total. The van der Waals surface area contributed by atoms with E-state index in [0.717, 1.165) is 45.1 Å². The average Bonchev–Trinajstić information content (AvgIpc) is 3.04. The molecule has 0 radical (unpaired) electrons. The number of hydrogen-bond donors (Lipinski definition) is 3. The molecule has 1 unspecified atom stereocenters. The van der Waals surface area contributed by atoms with Gasteiger partial charge in [0.15, 0.2) is 5.96 Å². The molecule has 1 aliphatic heterocycles. The van der Waals surface area contributed by atoms with Gasteiger partial charge in [0.2, 0.25) is 0 Å². The molecular formula is C19H31IN6.